The number of carbonyl (C=O) groups is 5. The molecular weight excluding hydrogens is 604 g/mol. The number of aliphatic carboxylic acids is 1. The van der Waals surface area contributed by atoms with E-state index in [0.29, 0.717) is 0 Å². The molecule has 2 aliphatic rings. The van der Waals surface area contributed by atoms with Crippen LogP contribution in [0.3, 0.4) is 0 Å². The van der Waals surface area contributed by atoms with Crippen molar-refractivity contribution in [2.75, 3.05) is 12.4 Å². The number of primary amides is 1. The molecule has 44 heavy (non-hydrogen) atoms. The van der Waals surface area contributed by atoms with Crippen LogP contribution in [0.4, 0.5) is 4.79 Å². The lowest BCUT2D eigenvalue weighted by atomic mass is 10.0. The molecule has 0 radical (unpaired) electrons. The smallest absolute Gasteiger partial charge is 0.404 e. The molecule has 4 amide bonds. The fraction of sp³-hybridized carbons (Fsp3) is 0.185. The Bertz CT molecular complexity index is 1820. The Morgan fingerprint density at radius 2 is 1.80 bits per heavy atom. The summed E-state index contributed by atoms with van der Waals surface area (Å²) in [5, 5.41) is 42.9. The van der Waals surface area contributed by atoms with Crippen LogP contribution in [0.15, 0.2) is 63.1 Å². The SMILES string of the molecule is NC(=O)OCC1=C(C(=O)O)N2C(=O)[C@@H](NC(=O)C(NC(=O)c3coc4c(O)c(O)ccc4c3=O)c3ccc(O)cc3)[C@@H]2SC1. The average molecular weight is 627 g/mol. The highest BCUT2D eigenvalue weighted by Crippen LogP contribution is 2.40. The number of amides is 4. The molecule has 0 aliphatic carbocycles. The van der Waals surface area contributed by atoms with Gasteiger partial charge in [-0.3, -0.25) is 24.1 Å². The number of aromatic hydroxyl groups is 3. The summed E-state index contributed by atoms with van der Waals surface area (Å²) >= 11 is 1.10. The number of benzene rings is 2. The molecule has 16 nitrogen and oxygen atoms in total. The normalized spacial score (nSPS) is 18.2. The number of nitrogens with two attached hydrogens (primary N) is 1. The summed E-state index contributed by atoms with van der Waals surface area (Å²) in [5.41, 5.74) is 3.04. The fourth-order valence-electron chi connectivity index (χ4n) is 4.70. The zero-order chi connectivity index (χ0) is 31.9. The minimum atomic E-state index is -1.52. The van der Waals surface area contributed by atoms with Crippen molar-refractivity contribution in [1.29, 1.82) is 0 Å². The van der Waals surface area contributed by atoms with Gasteiger partial charge in [-0.15, -0.1) is 11.8 Å². The number of hydrogen-bond donors (Lipinski definition) is 7. The quantitative estimate of drug-likeness (QED) is 0.130. The van der Waals surface area contributed by atoms with E-state index in [4.69, 9.17) is 10.2 Å². The van der Waals surface area contributed by atoms with E-state index < -0.39 is 82.0 Å². The van der Waals surface area contributed by atoms with Crippen LogP contribution in [0.25, 0.3) is 11.0 Å². The first-order valence-electron chi connectivity index (χ1n) is 12.6. The lowest BCUT2D eigenvalue weighted by molar-refractivity contribution is -0.151. The third-order valence-electron chi connectivity index (χ3n) is 6.84. The molecule has 3 atom stereocenters. The highest BCUT2D eigenvalue weighted by atomic mass is 32.2. The van der Waals surface area contributed by atoms with Crippen LogP contribution in [0.2, 0.25) is 0 Å². The minimum absolute atomic E-state index is 0.0406. The maximum atomic E-state index is 13.5. The van der Waals surface area contributed by atoms with Crippen molar-refractivity contribution in [1.82, 2.24) is 15.5 Å². The van der Waals surface area contributed by atoms with Crippen molar-refractivity contribution in [2.45, 2.75) is 17.5 Å². The lowest BCUT2D eigenvalue weighted by Crippen LogP contribution is -2.71. The number of carboxylic acid groups (broad SMARTS) is 1. The second-order valence-electron chi connectivity index (χ2n) is 9.55. The molecule has 0 bridgehead atoms. The molecule has 8 N–H and O–H groups in total. The first kappa shape index (κ1) is 29.8. The number of phenolic OH excluding ortho intramolecular Hbond substituents is 3. The zero-order valence-electron chi connectivity index (χ0n) is 22.2. The first-order valence-corrected chi connectivity index (χ1v) is 13.6. The van der Waals surface area contributed by atoms with Crippen molar-refractivity contribution in [3.8, 4) is 17.2 Å². The fourth-order valence-corrected chi connectivity index (χ4v) is 6.02. The summed E-state index contributed by atoms with van der Waals surface area (Å²) in [6.45, 7) is -0.448. The summed E-state index contributed by atoms with van der Waals surface area (Å²) in [5.74, 6) is -5.57. The largest absolute Gasteiger partial charge is 0.508 e. The van der Waals surface area contributed by atoms with E-state index in [-0.39, 0.29) is 33.6 Å². The van der Waals surface area contributed by atoms with Crippen LogP contribution in [0.1, 0.15) is 22.0 Å². The van der Waals surface area contributed by atoms with Gasteiger partial charge in [-0.1, -0.05) is 12.1 Å². The number of phenols is 3. The van der Waals surface area contributed by atoms with Gasteiger partial charge in [0.2, 0.25) is 17.1 Å². The van der Waals surface area contributed by atoms with Gasteiger partial charge < -0.3 is 45.9 Å². The van der Waals surface area contributed by atoms with Crippen molar-refractivity contribution in [3.63, 3.8) is 0 Å². The number of nitrogens with zero attached hydrogens (tertiary/aromatic N) is 1. The van der Waals surface area contributed by atoms with Gasteiger partial charge in [0, 0.05) is 11.3 Å². The first-order chi connectivity index (χ1) is 20.9. The van der Waals surface area contributed by atoms with Crippen LogP contribution >= 0.6 is 11.8 Å². The van der Waals surface area contributed by atoms with E-state index in [1.807, 2.05) is 0 Å². The van der Waals surface area contributed by atoms with Crippen molar-refractivity contribution >= 4 is 52.5 Å². The molecule has 1 fully saturated rings. The van der Waals surface area contributed by atoms with Gasteiger partial charge in [-0.05, 0) is 29.8 Å². The van der Waals surface area contributed by atoms with Crippen LogP contribution in [-0.4, -0.2) is 78.9 Å². The van der Waals surface area contributed by atoms with Gasteiger partial charge >= 0.3 is 12.1 Å². The molecule has 0 spiro atoms. The lowest BCUT2D eigenvalue weighted by Gasteiger charge is -2.49. The molecule has 0 saturated carbocycles. The average Bonchev–Trinajstić information content (AvgIpc) is 2.99. The number of β-lactam (4-membered cyclic amide) rings is 1. The van der Waals surface area contributed by atoms with Gasteiger partial charge in [0.05, 0.1) is 5.39 Å². The van der Waals surface area contributed by atoms with Crippen LogP contribution in [0.5, 0.6) is 17.2 Å². The van der Waals surface area contributed by atoms with E-state index in [9.17, 15) is 49.2 Å². The second kappa shape index (κ2) is 11.5. The zero-order valence-corrected chi connectivity index (χ0v) is 23.0. The summed E-state index contributed by atoms with van der Waals surface area (Å²) in [6.07, 6.45) is -0.383. The molecule has 2 aromatic carbocycles. The van der Waals surface area contributed by atoms with Crippen LogP contribution in [0, 0.1) is 0 Å². The topological polar surface area (TPSA) is 259 Å². The molecule has 1 unspecified atom stereocenters. The molecule has 1 saturated heterocycles. The second-order valence-corrected chi connectivity index (χ2v) is 10.7. The Balaban J connectivity index is 1.40. The third kappa shape index (κ3) is 5.31. The molecule has 3 aromatic rings. The third-order valence-corrected chi connectivity index (χ3v) is 8.18. The minimum Gasteiger partial charge on any atom is -0.508 e. The van der Waals surface area contributed by atoms with Gasteiger partial charge in [0.15, 0.2) is 11.3 Å². The molecule has 3 heterocycles. The number of nitrogens with one attached hydrogen (secondary N) is 2. The number of carboxylic acids is 1. The summed E-state index contributed by atoms with van der Waals surface area (Å²) in [6, 6.07) is 4.58. The standard InChI is InChI=1S/C27H22N4O12S/c28-27(41)43-7-11-9-44-25-17(24(38)31(25)18(11)26(39)40)30-23(37)16(10-1-3-12(32)4-2-10)29-22(36)14-8-42-21-13(19(14)34)5-6-15(33)20(21)35/h1-6,8,16-17,25,32-33,35H,7,9H2,(H2,28,41)(H,29,36)(H,30,37)(H,39,40)/t16?,17-,25+/m1/s1. The predicted molar refractivity (Wildman–Crippen MR) is 149 cm³/mol. The number of ether oxygens (including phenoxy) is 1. The Morgan fingerprint density at radius 1 is 1.09 bits per heavy atom. The van der Waals surface area contributed by atoms with Gasteiger partial charge in [0.25, 0.3) is 11.8 Å². The number of thioether (sulfide) groups is 1. The molecule has 1 aromatic heterocycles. The van der Waals surface area contributed by atoms with Crippen molar-refractivity contribution < 1.29 is 53.6 Å². The predicted octanol–water partition coefficient (Wildman–Crippen LogP) is 0.215. The maximum absolute atomic E-state index is 13.5. The number of rotatable bonds is 8. The monoisotopic (exact) mass is 626 g/mol. The summed E-state index contributed by atoms with van der Waals surface area (Å²) in [4.78, 5) is 76.7. The van der Waals surface area contributed by atoms with Crippen LogP contribution in [-0.2, 0) is 19.1 Å². The number of hydrogen-bond acceptors (Lipinski definition) is 12. The van der Waals surface area contributed by atoms with Crippen LogP contribution < -0.4 is 21.8 Å². The Kier molecular flexibility index (Phi) is 7.79. The van der Waals surface area contributed by atoms with Gasteiger partial charge in [-0.25, -0.2) is 9.59 Å². The summed E-state index contributed by atoms with van der Waals surface area (Å²) in [7, 11) is 0. The molecule has 2 aliphatic heterocycles. The number of carbonyl (C=O) groups excluding carboxylic acids is 4. The molecular formula is C27H22N4O12S. The Hall–Kier alpha value is -5.71. The Morgan fingerprint density at radius 3 is 2.45 bits per heavy atom. The van der Waals surface area contributed by atoms with E-state index >= 15 is 0 Å². The number of fused-ring (bicyclic) bond motifs is 2. The molecule has 5 rings (SSSR count). The van der Waals surface area contributed by atoms with E-state index in [1.165, 1.54) is 24.3 Å². The Labute approximate surface area is 249 Å². The maximum Gasteiger partial charge on any atom is 0.404 e. The van der Waals surface area contributed by atoms with E-state index in [1.54, 1.807) is 0 Å². The highest BCUT2D eigenvalue weighted by molar-refractivity contribution is 8.00. The molecule has 228 valence electrons. The van der Waals surface area contributed by atoms with E-state index in [0.717, 1.165) is 35.1 Å². The van der Waals surface area contributed by atoms with Crippen molar-refractivity contribution in [3.05, 3.63) is 75.3 Å². The van der Waals surface area contributed by atoms with Gasteiger partial charge in [-0.2, -0.15) is 0 Å². The summed E-state index contributed by atoms with van der Waals surface area (Å²) < 4.78 is 9.90. The van der Waals surface area contributed by atoms with E-state index in [2.05, 4.69) is 15.4 Å². The molecule has 17 heteroatoms. The highest BCUT2D eigenvalue weighted by Gasteiger charge is 2.54. The van der Waals surface area contributed by atoms with Crippen molar-refractivity contribution in [2.24, 2.45) is 5.73 Å². The van der Waals surface area contributed by atoms with Gasteiger partial charge in [0.1, 0.15) is 47.3 Å².